The minimum absolute atomic E-state index is 0.341. The number of halogens is 3. The normalized spacial score (nSPS) is 25.8. The van der Waals surface area contributed by atoms with Crippen LogP contribution in [0.3, 0.4) is 0 Å². The van der Waals surface area contributed by atoms with E-state index in [0.29, 0.717) is 25.2 Å². The van der Waals surface area contributed by atoms with E-state index < -0.39 is 18.5 Å². The van der Waals surface area contributed by atoms with Gasteiger partial charge in [-0.25, -0.2) is 0 Å². The minimum atomic E-state index is -4.40. The highest BCUT2D eigenvalue weighted by molar-refractivity contribution is 7.99. The number of piperidine rings is 1. The summed E-state index contributed by atoms with van der Waals surface area (Å²) in [5.41, 5.74) is 0. The molecule has 0 saturated carbocycles. The number of likely N-dealkylation sites (tertiary alicyclic amines) is 1. The summed E-state index contributed by atoms with van der Waals surface area (Å²) in [5.74, 6) is 1.56. The third kappa shape index (κ3) is 5.16. The van der Waals surface area contributed by atoms with Gasteiger partial charge in [-0.05, 0) is 31.4 Å². The molecule has 116 valence electrons. The number of rotatable bonds is 3. The van der Waals surface area contributed by atoms with E-state index in [1.54, 1.807) is 0 Å². The molecule has 2 aliphatic heterocycles. The first-order valence-electron chi connectivity index (χ1n) is 7.12. The molecule has 2 aliphatic rings. The molecule has 2 saturated heterocycles. The predicted octanol–water partition coefficient (Wildman–Crippen LogP) is 2.42. The average molecular weight is 310 g/mol. The molecule has 20 heavy (non-hydrogen) atoms. The van der Waals surface area contributed by atoms with Crippen molar-refractivity contribution >= 4 is 17.7 Å². The molecule has 2 fully saturated rings. The van der Waals surface area contributed by atoms with Gasteiger partial charge in [0, 0.05) is 30.9 Å². The monoisotopic (exact) mass is 310 g/mol. The summed E-state index contributed by atoms with van der Waals surface area (Å²) in [6, 6.07) is 0.866. The first kappa shape index (κ1) is 15.9. The molecule has 1 amide bonds. The molecular formula is C13H21F3N2OS. The zero-order valence-corrected chi connectivity index (χ0v) is 12.2. The van der Waals surface area contributed by atoms with Crippen molar-refractivity contribution in [3.05, 3.63) is 0 Å². The van der Waals surface area contributed by atoms with Crippen molar-refractivity contribution in [1.29, 1.82) is 0 Å². The van der Waals surface area contributed by atoms with E-state index in [0.717, 1.165) is 18.6 Å². The lowest BCUT2D eigenvalue weighted by Crippen LogP contribution is -2.49. The highest BCUT2D eigenvalue weighted by atomic mass is 32.2. The van der Waals surface area contributed by atoms with Crippen LogP contribution in [0.15, 0.2) is 0 Å². The van der Waals surface area contributed by atoms with E-state index >= 15 is 0 Å². The van der Waals surface area contributed by atoms with Gasteiger partial charge in [-0.1, -0.05) is 0 Å². The van der Waals surface area contributed by atoms with E-state index in [2.05, 4.69) is 5.32 Å². The zero-order chi connectivity index (χ0) is 14.6. The van der Waals surface area contributed by atoms with Crippen LogP contribution in [0.25, 0.3) is 0 Å². The molecule has 0 spiro atoms. The number of nitrogens with one attached hydrogen (secondary N) is 1. The smallest absolute Gasteiger partial charge is 0.342 e. The van der Waals surface area contributed by atoms with E-state index in [-0.39, 0.29) is 0 Å². The van der Waals surface area contributed by atoms with Crippen LogP contribution in [0.5, 0.6) is 0 Å². The first-order chi connectivity index (χ1) is 9.44. The van der Waals surface area contributed by atoms with Crippen LogP contribution in [0.1, 0.15) is 32.1 Å². The van der Waals surface area contributed by atoms with Crippen LogP contribution in [-0.2, 0) is 4.79 Å². The molecule has 2 rings (SSSR count). The molecule has 0 aromatic rings. The van der Waals surface area contributed by atoms with Crippen molar-refractivity contribution < 1.29 is 18.0 Å². The lowest BCUT2D eigenvalue weighted by molar-refractivity contribution is -0.162. The maximum atomic E-state index is 12.2. The zero-order valence-electron chi connectivity index (χ0n) is 11.4. The summed E-state index contributed by atoms with van der Waals surface area (Å²) in [7, 11) is 0. The molecule has 0 radical (unpaired) electrons. The molecular weight excluding hydrogens is 289 g/mol. The summed E-state index contributed by atoms with van der Waals surface area (Å²) in [4.78, 5) is 12.8. The Morgan fingerprint density at radius 3 is 2.45 bits per heavy atom. The lowest BCUT2D eigenvalue weighted by Gasteiger charge is -2.35. The summed E-state index contributed by atoms with van der Waals surface area (Å²) in [6.45, 7) is 0.874. The van der Waals surface area contributed by atoms with Gasteiger partial charge >= 0.3 is 6.18 Å². The second-order valence-electron chi connectivity index (χ2n) is 5.53. The average Bonchev–Trinajstić information content (AvgIpc) is 2.39. The van der Waals surface area contributed by atoms with E-state index in [1.165, 1.54) is 23.5 Å². The number of hydrogen-bond donors (Lipinski definition) is 1. The van der Waals surface area contributed by atoms with Gasteiger partial charge in [0.05, 0.1) is 0 Å². The van der Waals surface area contributed by atoms with Crippen LogP contribution < -0.4 is 5.32 Å². The van der Waals surface area contributed by atoms with E-state index in [1.807, 2.05) is 11.8 Å². The maximum absolute atomic E-state index is 12.2. The van der Waals surface area contributed by atoms with Crippen molar-refractivity contribution in [2.75, 3.05) is 24.6 Å². The highest BCUT2D eigenvalue weighted by Crippen LogP contribution is 2.23. The van der Waals surface area contributed by atoms with E-state index in [4.69, 9.17) is 0 Å². The van der Waals surface area contributed by atoms with Gasteiger partial charge in [0.2, 0.25) is 5.91 Å². The molecule has 1 unspecified atom stereocenters. The molecule has 0 bridgehead atoms. The fraction of sp³-hybridized carbons (Fsp3) is 0.923. The number of thioether (sulfide) groups is 1. The third-order valence-corrected chi connectivity index (χ3v) is 5.05. The third-order valence-electron chi connectivity index (χ3n) is 3.83. The van der Waals surface area contributed by atoms with Crippen LogP contribution in [0.4, 0.5) is 13.2 Å². The summed E-state index contributed by atoms with van der Waals surface area (Å²) >= 11 is 1.95. The standard InChI is InChI=1S/C13H21F3N2OS/c14-13(15,16)8-12(19)18-5-3-10(4-6-18)17-11-2-1-7-20-9-11/h10-11,17H,1-9H2. The van der Waals surface area contributed by atoms with Gasteiger partial charge < -0.3 is 10.2 Å². The molecule has 0 aliphatic carbocycles. The number of alkyl halides is 3. The summed E-state index contributed by atoms with van der Waals surface area (Å²) < 4.78 is 36.6. The second-order valence-corrected chi connectivity index (χ2v) is 6.68. The Morgan fingerprint density at radius 1 is 1.20 bits per heavy atom. The lowest BCUT2D eigenvalue weighted by atomic mass is 10.0. The van der Waals surface area contributed by atoms with Gasteiger partial charge in [-0.2, -0.15) is 24.9 Å². The molecule has 7 heteroatoms. The Kier molecular flexibility index (Phi) is 5.60. The topological polar surface area (TPSA) is 32.3 Å². The Balaban J connectivity index is 1.70. The van der Waals surface area contributed by atoms with Crippen LogP contribution in [0.2, 0.25) is 0 Å². The van der Waals surface area contributed by atoms with Gasteiger partial charge in [-0.15, -0.1) is 0 Å². The van der Waals surface area contributed by atoms with Crippen molar-refractivity contribution in [3.8, 4) is 0 Å². The first-order valence-corrected chi connectivity index (χ1v) is 8.28. The van der Waals surface area contributed by atoms with Crippen molar-refractivity contribution in [1.82, 2.24) is 10.2 Å². The van der Waals surface area contributed by atoms with Gasteiger partial charge in [0.1, 0.15) is 6.42 Å². The van der Waals surface area contributed by atoms with Crippen molar-refractivity contribution in [2.45, 2.75) is 50.4 Å². The second kappa shape index (κ2) is 7.02. The molecule has 3 nitrogen and oxygen atoms in total. The minimum Gasteiger partial charge on any atom is -0.342 e. The maximum Gasteiger partial charge on any atom is 0.397 e. The summed E-state index contributed by atoms with van der Waals surface area (Å²) in [5, 5.41) is 3.58. The van der Waals surface area contributed by atoms with E-state index in [9.17, 15) is 18.0 Å². The largest absolute Gasteiger partial charge is 0.397 e. The number of amides is 1. The van der Waals surface area contributed by atoms with Crippen LogP contribution in [0, 0.1) is 0 Å². The Morgan fingerprint density at radius 2 is 1.90 bits per heavy atom. The van der Waals surface area contributed by atoms with Crippen LogP contribution in [-0.4, -0.2) is 53.7 Å². The molecule has 1 N–H and O–H groups in total. The van der Waals surface area contributed by atoms with Gasteiger partial charge in [0.15, 0.2) is 0 Å². The number of carbonyl (C=O) groups excluding carboxylic acids is 1. The predicted molar refractivity (Wildman–Crippen MR) is 73.8 cm³/mol. The fourth-order valence-corrected chi connectivity index (χ4v) is 3.87. The number of carbonyl (C=O) groups is 1. The molecule has 0 aromatic heterocycles. The quantitative estimate of drug-likeness (QED) is 0.869. The van der Waals surface area contributed by atoms with Gasteiger partial charge in [0.25, 0.3) is 0 Å². The Bertz CT molecular complexity index is 324. The summed E-state index contributed by atoms with van der Waals surface area (Å²) in [6.07, 6.45) is -1.81. The Labute approximate surface area is 121 Å². The fourth-order valence-electron chi connectivity index (χ4n) is 2.78. The van der Waals surface area contributed by atoms with Crippen molar-refractivity contribution in [2.24, 2.45) is 0 Å². The number of hydrogen-bond acceptors (Lipinski definition) is 3. The Hall–Kier alpha value is -0.430. The molecule has 1 atom stereocenters. The van der Waals surface area contributed by atoms with Crippen LogP contribution >= 0.6 is 11.8 Å². The molecule has 2 heterocycles. The van der Waals surface area contributed by atoms with Crippen molar-refractivity contribution in [3.63, 3.8) is 0 Å². The van der Waals surface area contributed by atoms with Gasteiger partial charge in [-0.3, -0.25) is 4.79 Å². The number of nitrogens with zero attached hydrogens (tertiary/aromatic N) is 1. The SMILES string of the molecule is O=C(CC(F)(F)F)N1CCC(NC2CCCSC2)CC1. The molecule has 0 aromatic carbocycles. The highest BCUT2D eigenvalue weighted by Gasteiger charge is 2.34.